The van der Waals surface area contributed by atoms with Gasteiger partial charge in [0.05, 0.1) is 12.6 Å². The minimum absolute atomic E-state index is 0.357. The minimum atomic E-state index is -0.357. The van der Waals surface area contributed by atoms with Crippen LogP contribution in [0.5, 0.6) is 5.75 Å². The molecule has 2 aromatic carbocycles. The van der Waals surface area contributed by atoms with Gasteiger partial charge in [-0.05, 0) is 36.2 Å². The molecule has 0 amide bonds. The van der Waals surface area contributed by atoms with Crippen LogP contribution in [0.3, 0.4) is 0 Å². The van der Waals surface area contributed by atoms with Gasteiger partial charge in [-0.25, -0.2) is 4.79 Å². The molecular weight excluding hydrogens is 268 g/mol. The van der Waals surface area contributed by atoms with Crippen LogP contribution in [0.1, 0.15) is 5.56 Å². The first-order valence-electron chi connectivity index (χ1n) is 6.69. The van der Waals surface area contributed by atoms with E-state index in [9.17, 15) is 4.79 Å². The highest BCUT2D eigenvalue weighted by molar-refractivity contribution is 5.76. The van der Waals surface area contributed by atoms with Gasteiger partial charge in [0, 0.05) is 18.3 Å². The van der Waals surface area contributed by atoms with Crippen LogP contribution < -0.4 is 16.2 Å². The number of methoxy groups -OCH3 is 1. The lowest BCUT2D eigenvalue weighted by molar-refractivity contribution is 0.414. The zero-order valence-corrected chi connectivity index (χ0v) is 11.7. The van der Waals surface area contributed by atoms with E-state index in [0.29, 0.717) is 17.8 Å². The van der Waals surface area contributed by atoms with Gasteiger partial charge in [-0.15, -0.1) is 0 Å². The molecule has 1 aromatic heterocycles. The maximum Gasteiger partial charge on any atom is 0.419 e. The van der Waals surface area contributed by atoms with E-state index >= 15 is 0 Å². The fourth-order valence-corrected chi connectivity index (χ4v) is 2.33. The predicted molar refractivity (Wildman–Crippen MR) is 81.6 cm³/mol. The molecule has 0 aliphatic carbocycles. The summed E-state index contributed by atoms with van der Waals surface area (Å²) in [6.07, 6.45) is 0.739. The Hall–Kier alpha value is -2.69. The standard InChI is InChI=1S/C16H16N2O3/c1-20-13-5-2-11(3-6-13)8-9-18-14-7-4-12(17)10-15(14)21-16(18)19/h2-7,10H,8-9,17H2,1H3. The number of benzene rings is 2. The molecule has 0 fully saturated rings. The number of oxazole rings is 1. The molecular formula is C16H16N2O3. The van der Waals surface area contributed by atoms with E-state index in [-0.39, 0.29) is 5.76 Å². The quantitative estimate of drug-likeness (QED) is 0.747. The van der Waals surface area contributed by atoms with Crippen LogP contribution in [-0.2, 0) is 13.0 Å². The number of aryl methyl sites for hydroxylation is 2. The van der Waals surface area contributed by atoms with Crippen LogP contribution in [0.2, 0.25) is 0 Å². The van der Waals surface area contributed by atoms with E-state index in [1.54, 1.807) is 23.8 Å². The number of nitrogens with two attached hydrogens (primary N) is 1. The summed E-state index contributed by atoms with van der Waals surface area (Å²) in [6.45, 7) is 0.558. The average Bonchev–Trinajstić information content (AvgIpc) is 2.80. The molecule has 0 spiro atoms. The molecule has 5 nitrogen and oxygen atoms in total. The average molecular weight is 284 g/mol. The highest BCUT2D eigenvalue weighted by Crippen LogP contribution is 2.17. The molecule has 108 valence electrons. The Kier molecular flexibility index (Phi) is 3.39. The van der Waals surface area contributed by atoms with Crippen LogP contribution in [-0.4, -0.2) is 11.7 Å². The third kappa shape index (κ3) is 2.63. The summed E-state index contributed by atoms with van der Waals surface area (Å²) in [4.78, 5) is 11.9. The summed E-state index contributed by atoms with van der Waals surface area (Å²) in [5, 5.41) is 0. The van der Waals surface area contributed by atoms with E-state index < -0.39 is 0 Å². The molecule has 5 heteroatoms. The normalized spacial score (nSPS) is 10.9. The number of nitrogens with zero attached hydrogens (tertiary/aromatic N) is 1. The van der Waals surface area contributed by atoms with Crippen molar-refractivity contribution in [2.24, 2.45) is 0 Å². The van der Waals surface area contributed by atoms with Crippen molar-refractivity contribution in [1.82, 2.24) is 4.57 Å². The summed E-state index contributed by atoms with van der Waals surface area (Å²) in [6, 6.07) is 13.0. The fourth-order valence-electron chi connectivity index (χ4n) is 2.33. The Bertz CT molecular complexity index is 816. The fraction of sp³-hybridized carbons (Fsp3) is 0.188. The van der Waals surface area contributed by atoms with Crippen molar-refractivity contribution in [2.75, 3.05) is 12.8 Å². The van der Waals surface area contributed by atoms with Gasteiger partial charge in [-0.3, -0.25) is 4.57 Å². The molecule has 21 heavy (non-hydrogen) atoms. The first kappa shape index (κ1) is 13.3. The topological polar surface area (TPSA) is 70.4 Å². The Labute approximate surface area is 121 Å². The highest BCUT2D eigenvalue weighted by atomic mass is 16.5. The van der Waals surface area contributed by atoms with E-state index in [2.05, 4.69) is 0 Å². The molecule has 0 bridgehead atoms. The van der Waals surface area contributed by atoms with Crippen molar-refractivity contribution in [1.29, 1.82) is 0 Å². The van der Waals surface area contributed by atoms with Crippen molar-refractivity contribution in [3.63, 3.8) is 0 Å². The van der Waals surface area contributed by atoms with Gasteiger partial charge in [0.25, 0.3) is 0 Å². The molecule has 0 saturated carbocycles. The first-order chi connectivity index (χ1) is 10.2. The third-order valence-electron chi connectivity index (χ3n) is 3.48. The lowest BCUT2D eigenvalue weighted by atomic mass is 10.1. The van der Waals surface area contributed by atoms with Gasteiger partial charge in [0.15, 0.2) is 5.58 Å². The van der Waals surface area contributed by atoms with Crippen molar-refractivity contribution >= 4 is 16.8 Å². The zero-order valence-electron chi connectivity index (χ0n) is 11.7. The lowest BCUT2D eigenvalue weighted by Crippen LogP contribution is -2.15. The number of aromatic nitrogens is 1. The second-order valence-electron chi connectivity index (χ2n) is 4.84. The number of nitrogen functional groups attached to an aromatic ring is 1. The van der Waals surface area contributed by atoms with Crippen LogP contribution in [0.15, 0.2) is 51.7 Å². The summed E-state index contributed by atoms with van der Waals surface area (Å²) >= 11 is 0. The smallest absolute Gasteiger partial charge is 0.419 e. The molecule has 3 rings (SSSR count). The second-order valence-corrected chi connectivity index (χ2v) is 4.84. The van der Waals surface area contributed by atoms with E-state index in [0.717, 1.165) is 23.3 Å². The summed E-state index contributed by atoms with van der Waals surface area (Å²) in [5.74, 6) is 0.462. The molecule has 0 atom stereocenters. The molecule has 3 aromatic rings. The zero-order chi connectivity index (χ0) is 14.8. The molecule has 1 heterocycles. The number of ether oxygens (including phenoxy) is 1. The van der Waals surface area contributed by atoms with Crippen molar-refractivity contribution in [3.05, 3.63) is 58.6 Å². The molecule has 0 aliphatic heterocycles. The van der Waals surface area contributed by atoms with Gasteiger partial charge in [0.2, 0.25) is 0 Å². The van der Waals surface area contributed by atoms with E-state index in [1.807, 2.05) is 30.3 Å². The summed E-state index contributed by atoms with van der Waals surface area (Å²) in [5.41, 5.74) is 8.70. The van der Waals surface area contributed by atoms with Gasteiger partial charge in [-0.1, -0.05) is 12.1 Å². The monoisotopic (exact) mass is 284 g/mol. The number of hydrogen-bond acceptors (Lipinski definition) is 4. The SMILES string of the molecule is COc1ccc(CCn2c(=O)oc3cc(N)ccc32)cc1. The highest BCUT2D eigenvalue weighted by Gasteiger charge is 2.09. The maximum absolute atomic E-state index is 11.9. The second kappa shape index (κ2) is 5.36. The molecule has 2 N–H and O–H groups in total. The van der Waals surface area contributed by atoms with Crippen LogP contribution >= 0.6 is 0 Å². The number of anilines is 1. The molecule has 0 unspecified atom stereocenters. The van der Waals surface area contributed by atoms with Crippen LogP contribution in [0.25, 0.3) is 11.1 Å². The molecule has 0 radical (unpaired) electrons. The Morgan fingerprint density at radius 2 is 1.95 bits per heavy atom. The number of rotatable bonds is 4. The maximum atomic E-state index is 11.9. The number of fused-ring (bicyclic) bond motifs is 1. The summed E-state index contributed by atoms with van der Waals surface area (Å²) < 4.78 is 12.0. The van der Waals surface area contributed by atoms with Crippen molar-refractivity contribution in [2.45, 2.75) is 13.0 Å². The minimum Gasteiger partial charge on any atom is -0.497 e. The van der Waals surface area contributed by atoms with Crippen LogP contribution in [0.4, 0.5) is 5.69 Å². The lowest BCUT2D eigenvalue weighted by Gasteiger charge is -2.04. The van der Waals surface area contributed by atoms with E-state index in [4.69, 9.17) is 14.9 Å². The largest absolute Gasteiger partial charge is 0.497 e. The Balaban J connectivity index is 1.84. The molecule has 0 aliphatic rings. The van der Waals surface area contributed by atoms with Gasteiger partial charge < -0.3 is 14.9 Å². The summed E-state index contributed by atoms with van der Waals surface area (Å²) in [7, 11) is 1.64. The van der Waals surface area contributed by atoms with E-state index in [1.165, 1.54) is 0 Å². The van der Waals surface area contributed by atoms with Gasteiger partial charge >= 0.3 is 5.76 Å². The van der Waals surface area contributed by atoms with Crippen molar-refractivity contribution < 1.29 is 9.15 Å². The van der Waals surface area contributed by atoms with Gasteiger partial charge in [0.1, 0.15) is 5.75 Å². The van der Waals surface area contributed by atoms with Crippen molar-refractivity contribution in [3.8, 4) is 5.75 Å². The third-order valence-corrected chi connectivity index (χ3v) is 3.48. The molecule has 0 saturated heterocycles. The number of hydrogen-bond donors (Lipinski definition) is 1. The van der Waals surface area contributed by atoms with Crippen LogP contribution in [0, 0.1) is 0 Å². The van der Waals surface area contributed by atoms with Gasteiger partial charge in [-0.2, -0.15) is 0 Å². The Morgan fingerprint density at radius 3 is 2.67 bits per heavy atom. The predicted octanol–water partition coefficient (Wildman–Crippen LogP) is 2.43. The Morgan fingerprint density at radius 1 is 1.19 bits per heavy atom. The first-order valence-corrected chi connectivity index (χ1v) is 6.69.